The van der Waals surface area contributed by atoms with Gasteiger partial charge in [0.05, 0.1) is 164 Å². The SMILES string of the molecule is CCCN(OCC)C(=O)C1=Cc2c(cnn2Cc2ccc(CNC(=O)CCOCCOCCOCCOCCOCCOCCOCCOCCOCCOCCC(=O)Oc3c(F)c(F)c(S(=O)(=O)O)c(F)c3F)cc2)N=C(N)C1. The van der Waals surface area contributed by atoms with E-state index in [4.69, 9.17) is 62.5 Å². The largest absolute Gasteiger partial charge is 0.420 e. The van der Waals surface area contributed by atoms with Crippen LogP contribution in [0.15, 0.2) is 45.9 Å². The number of benzene rings is 2. The van der Waals surface area contributed by atoms with Crippen LogP contribution in [0.5, 0.6) is 5.75 Å². The number of ether oxygens (including phenoxy) is 11. The fourth-order valence-electron chi connectivity index (χ4n) is 6.93. The van der Waals surface area contributed by atoms with Gasteiger partial charge in [-0.1, -0.05) is 31.2 Å². The standard InChI is InChI=1S/C51H72F4N6O18S/c1-3-11-61(78-4-2)51(64)39-32-41-40(59-42(56)33-39)35-58-60(41)36-38-7-5-37(6-8-38)34-57-43(62)9-12-68-14-16-70-18-20-72-22-24-74-26-28-76-30-31-77-29-27-75-25-23-73-21-19-71-17-15-69-13-10-44(63)79-49-45(52)47(54)50(80(65,66)67)48(55)46(49)53/h5-8,32,35H,3-4,9-31,33-34,36H2,1-2H3,(H2,56,59)(H,57,62)(H,65,66,67). The van der Waals surface area contributed by atoms with Crippen LogP contribution in [0.2, 0.25) is 0 Å². The molecule has 4 N–H and O–H groups in total. The van der Waals surface area contributed by atoms with Crippen molar-refractivity contribution in [1.82, 2.24) is 20.2 Å². The van der Waals surface area contributed by atoms with Crippen molar-refractivity contribution in [3.8, 4) is 5.75 Å². The number of rotatable bonds is 44. The lowest BCUT2D eigenvalue weighted by molar-refractivity contribution is -0.180. The number of nitrogens with zero attached hydrogens (tertiary/aromatic N) is 4. The Morgan fingerprint density at radius 1 is 0.662 bits per heavy atom. The van der Waals surface area contributed by atoms with E-state index in [1.807, 2.05) is 38.1 Å². The number of halogens is 4. The zero-order chi connectivity index (χ0) is 58.0. The highest BCUT2D eigenvalue weighted by atomic mass is 32.2. The Labute approximate surface area is 461 Å². The van der Waals surface area contributed by atoms with Crippen LogP contribution in [-0.4, -0.2) is 197 Å². The summed E-state index contributed by atoms with van der Waals surface area (Å²) < 4.78 is 147. The highest BCUT2D eigenvalue weighted by Gasteiger charge is 2.34. The Kier molecular flexibility index (Phi) is 32.0. The maximum absolute atomic E-state index is 14.0. The zero-order valence-corrected chi connectivity index (χ0v) is 45.8. The zero-order valence-electron chi connectivity index (χ0n) is 44.9. The van der Waals surface area contributed by atoms with Crippen LogP contribution in [-0.2, 0) is 89.8 Å². The van der Waals surface area contributed by atoms with E-state index in [1.165, 1.54) is 5.06 Å². The van der Waals surface area contributed by atoms with E-state index >= 15 is 0 Å². The Hall–Kier alpha value is -5.54. The molecule has 1 aliphatic rings. The van der Waals surface area contributed by atoms with Gasteiger partial charge in [0.15, 0.2) is 16.5 Å². The van der Waals surface area contributed by atoms with Crippen LogP contribution in [0.3, 0.4) is 0 Å². The number of hydrogen-bond donors (Lipinski definition) is 3. The molecular formula is C51H72F4N6O18S. The number of aliphatic imine (C=N–C) groups is 1. The van der Waals surface area contributed by atoms with Gasteiger partial charge >= 0.3 is 16.1 Å². The topological polar surface area (TPSA) is 288 Å². The summed E-state index contributed by atoms with van der Waals surface area (Å²) in [6.45, 7) is 11.3. The number of carbonyl (C=O) groups excluding carboxylic acids is 3. The van der Waals surface area contributed by atoms with Crippen molar-refractivity contribution in [3.63, 3.8) is 0 Å². The quantitative estimate of drug-likeness (QED) is 0.0138. The summed E-state index contributed by atoms with van der Waals surface area (Å²) in [5.74, 6) is -12.7. The minimum absolute atomic E-state index is 0.0168. The third-order valence-corrected chi connectivity index (χ3v) is 11.7. The Bertz CT molecular complexity index is 2490. The molecule has 1 aliphatic heterocycles. The predicted octanol–water partition coefficient (Wildman–Crippen LogP) is 3.87. The third-order valence-electron chi connectivity index (χ3n) is 10.8. The Morgan fingerprint density at radius 3 is 1.54 bits per heavy atom. The molecule has 2 amide bonds. The van der Waals surface area contributed by atoms with Crippen molar-refractivity contribution in [3.05, 3.63) is 76.1 Å². The fraction of sp³-hybridized carbons (Fsp3) is 0.588. The van der Waals surface area contributed by atoms with Gasteiger partial charge in [-0.15, -0.1) is 0 Å². The third kappa shape index (κ3) is 25.1. The molecule has 2 aromatic carbocycles. The molecule has 80 heavy (non-hydrogen) atoms. The van der Waals surface area contributed by atoms with Gasteiger partial charge in [-0.05, 0) is 30.5 Å². The van der Waals surface area contributed by atoms with Gasteiger partial charge in [0.1, 0.15) is 11.5 Å². The number of aromatic nitrogens is 2. The number of nitrogens with one attached hydrogen (secondary N) is 1. The van der Waals surface area contributed by atoms with E-state index < -0.39 is 56.4 Å². The first-order chi connectivity index (χ1) is 38.6. The molecule has 0 bridgehead atoms. The number of amides is 2. The summed E-state index contributed by atoms with van der Waals surface area (Å²) in [4.78, 5) is 45.4. The molecule has 448 valence electrons. The lowest BCUT2D eigenvalue weighted by Crippen LogP contribution is -2.34. The van der Waals surface area contributed by atoms with E-state index in [1.54, 1.807) is 17.0 Å². The minimum atomic E-state index is -5.65. The Morgan fingerprint density at radius 2 is 1.10 bits per heavy atom. The maximum Gasteiger partial charge on any atom is 0.313 e. The van der Waals surface area contributed by atoms with Crippen molar-refractivity contribution < 1.29 is 102 Å². The van der Waals surface area contributed by atoms with E-state index in [0.717, 1.165) is 17.5 Å². The van der Waals surface area contributed by atoms with Crippen LogP contribution in [0.1, 0.15) is 56.4 Å². The lowest BCUT2D eigenvalue weighted by atomic mass is 10.1. The average Bonchev–Trinajstić information content (AvgIpc) is 3.74. The second-order valence-electron chi connectivity index (χ2n) is 16.9. The second-order valence-corrected chi connectivity index (χ2v) is 18.3. The number of nitrogens with two attached hydrogens (primary N) is 1. The van der Waals surface area contributed by atoms with Crippen molar-refractivity contribution in [2.75, 3.05) is 145 Å². The van der Waals surface area contributed by atoms with Crippen molar-refractivity contribution in [2.45, 2.75) is 57.5 Å². The van der Waals surface area contributed by atoms with Crippen LogP contribution in [0.25, 0.3) is 6.08 Å². The number of esters is 1. The molecule has 3 aromatic rings. The maximum atomic E-state index is 14.0. The fourth-order valence-corrected chi connectivity index (χ4v) is 7.56. The van der Waals surface area contributed by atoms with Gasteiger partial charge in [0.2, 0.25) is 23.3 Å². The Balaban J connectivity index is 0.855. The van der Waals surface area contributed by atoms with Crippen molar-refractivity contribution in [1.29, 1.82) is 0 Å². The van der Waals surface area contributed by atoms with Gasteiger partial charge in [-0.3, -0.25) is 28.5 Å². The molecule has 0 saturated carbocycles. The number of hydroxylamine groups is 2. The highest BCUT2D eigenvalue weighted by Crippen LogP contribution is 2.33. The van der Waals surface area contributed by atoms with Crippen LogP contribution < -0.4 is 15.8 Å². The van der Waals surface area contributed by atoms with Gasteiger partial charge in [-0.2, -0.15) is 22.3 Å². The average molecular weight is 1170 g/mol. The summed E-state index contributed by atoms with van der Waals surface area (Å²) in [6, 6.07) is 7.82. The molecular weight excluding hydrogens is 1090 g/mol. The van der Waals surface area contributed by atoms with Gasteiger partial charge in [0, 0.05) is 31.5 Å². The summed E-state index contributed by atoms with van der Waals surface area (Å²) in [6.07, 6.45) is 3.99. The predicted molar refractivity (Wildman–Crippen MR) is 276 cm³/mol. The van der Waals surface area contributed by atoms with E-state index in [2.05, 4.69) is 20.1 Å². The van der Waals surface area contributed by atoms with E-state index in [9.17, 15) is 40.4 Å². The van der Waals surface area contributed by atoms with Gasteiger partial charge in [0.25, 0.3) is 5.91 Å². The lowest BCUT2D eigenvalue weighted by Gasteiger charge is -2.21. The molecule has 29 heteroatoms. The molecule has 4 rings (SSSR count). The molecule has 1 aromatic heterocycles. The van der Waals surface area contributed by atoms with Crippen molar-refractivity contribution >= 4 is 45.5 Å². The molecule has 0 fully saturated rings. The molecule has 0 aliphatic carbocycles. The summed E-state index contributed by atoms with van der Waals surface area (Å²) in [5, 5.41) is 8.79. The first kappa shape index (κ1) is 67.0. The smallest absolute Gasteiger partial charge is 0.313 e. The molecule has 0 saturated heterocycles. The van der Waals surface area contributed by atoms with Crippen molar-refractivity contribution in [2.24, 2.45) is 10.7 Å². The molecule has 0 spiro atoms. The van der Waals surface area contributed by atoms with E-state index in [-0.39, 0.29) is 64.3 Å². The number of fused-ring (bicyclic) bond motifs is 1. The van der Waals surface area contributed by atoms with Crippen LogP contribution >= 0.6 is 0 Å². The second kappa shape index (κ2) is 38.2. The molecule has 2 heterocycles. The number of hydrogen-bond acceptors (Lipinski definition) is 20. The summed E-state index contributed by atoms with van der Waals surface area (Å²) in [7, 11) is -5.65. The molecule has 0 atom stereocenters. The summed E-state index contributed by atoms with van der Waals surface area (Å²) in [5.41, 5.74) is 9.81. The molecule has 0 unspecified atom stereocenters. The normalized spacial score (nSPS) is 12.5. The molecule has 24 nitrogen and oxygen atoms in total. The first-order valence-corrected chi connectivity index (χ1v) is 27.3. The van der Waals surface area contributed by atoms with Gasteiger partial charge in [-0.25, -0.2) is 18.8 Å². The minimum Gasteiger partial charge on any atom is -0.420 e. The van der Waals surface area contributed by atoms with Crippen LogP contribution in [0, 0.1) is 23.3 Å². The van der Waals surface area contributed by atoms with Crippen LogP contribution in [0.4, 0.5) is 23.2 Å². The molecule has 0 radical (unpaired) electrons. The highest BCUT2D eigenvalue weighted by molar-refractivity contribution is 7.85. The number of carbonyl (C=O) groups is 3. The number of amidine groups is 1. The van der Waals surface area contributed by atoms with Gasteiger partial charge < -0.3 is 63.2 Å². The summed E-state index contributed by atoms with van der Waals surface area (Å²) >= 11 is 0. The van der Waals surface area contributed by atoms with E-state index in [0.29, 0.717) is 142 Å². The first-order valence-electron chi connectivity index (χ1n) is 25.8. The monoisotopic (exact) mass is 1160 g/mol.